The molecule has 1 aliphatic rings. The van der Waals surface area contributed by atoms with Crippen molar-refractivity contribution in [1.82, 2.24) is 10.2 Å². The third-order valence-corrected chi connectivity index (χ3v) is 5.14. The van der Waals surface area contributed by atoms with Crippen molar-refractivity contribution in [3.8, 4) is 11.5 Å². The van der Waals surface area contributed by atoms with E-state index in [0.717, 1.165) is 36.9 Å². The molecule has 0 saturated carbocycles. The van der Waals surface area contributed by atoms with Gasteiger partial charge in [0.25, 0.3) is 5.91 Å². The average molecular weight is 396 g/mol. The van der Waals surface area contributed by atoms with Crippen LogP contribution in [0.15, 0.2) is 42.5 Å². The summed E-state index contributed by atoms with van der Waals surface area (Å²) in [5, 5.41) is 2.96. The Morgan fingerprint density at radius 2 is 1.76 bits per heavy atom. The number of amides is 2. The Balaban J connectivity index is 1.44. The standard InChI is InChI=1S/C23H28N2O4/c1-28-20-12-9-17(15-21(20)29-2)5-3-13-24-23(27)19-10-7-18(8-11-19)16-25-14-4-6-22(25)26/h7-12,15H,3-6,13-14,16H2,1-2H3,(H,24,27). The summed E-state index contributed by atoms with van der Waals surface area (Å²) < 4.78 is 10.6. The lowest BCUT2D eigenvalue weighted by Gasteiger charge is -2.15. The molecular formula is C23H28N2O4. The lowest BCUT2D eigenvalue weighted by atomic mass is 10.1. The first-order valence-electron chi connectivity index (χ1n) is 9.96. The van der Waals surface area contributed by atoms with Crippen LogP contribution in [0.1, 0.15) is 40.7 Å². The average Bonchev–Trinajstić information content (AvgIpc) is 3.15. The fourth-order valence-electron chi connectivity index (χ4n) is 3.49. The molecule has 2 aromatic carbocycles. The largest absolute Gasteiger partial charge is 0.493 e. The highest BCUT2D eigenvalue weighted by Gasteiger charge is 2.20. The van der Waals surface area contributed by atoms with Gasteiger partial charge in [-0.05, 0) is 54.7 Å². The van der Waals surface area contributed by atoms with E-state index in [1.807, 2.05) is 47.4 Å². The van der Waals surface area contributed by atoms with Gasteiger partial charge in [0.2, 0.25) is 5.91 Å². The normalized spacial score (nSPS) is 13.4. The smallest absolute Gasteiger partial charge is 0.251 e. The summed E-state index contributed by atoms with van der Waals surface area (Å²) in [5.74, 6) is 1.55. The topological polar surface area (TPSA) is 67.9 Å². The number of methoxy groups -OCH3 is 2. The zero-order valence-electron chi connectivity index (χ0n) is 17.1. The minimum absolute atomic E-state index is 0.0823. The second kappa shape index (κ2) is 9.96. The van der Waals surface area contributed by atoms with Gasteiger partial charge in [-0.2, -0.15) is 0 Å². The van der Waals surface area contributed by atoms with Gasteiger partial charge in [-0.3, -0.25) is 9.59 Å². The van der Waals surface area contributed by atoms with E-state index in [1.54, 1.807) is 14.2 Å². The van der Waals surface area contributed by atoms with Crippen LogP contribution in [0, 0.1) is 0 Å². The van der Waals surface area contributed by atoms with Crippen molar-refractivity contribution in [2.24, 2.45) is 0 Å². The second-order valence-electron chi connectivity index (χ2n) is 7.16. The summed E-state index contributed by atoms with van der Waals surface area (Å²) in [6.45, 7) is 2.03. The van der Waals surface area contributed by atoms with Crippen LogP contribution in [0.5, 0.6) is 11.5 Å². The molecule has 0 radical (unpaired) electrons. The van der Waals surface area contributed by atoms with Gasteiger partial charge >= 0.3 is 0 Å². The highest BCUT2D eigenvalue weighted by Crippen LogP contribution is 2.27. The van der Waals surface area contributed by atoms with E-state index in [2.05, 4.69) is 5.32 Å². The molecule has 0 aliphatic carbocycles. The number of hydrogen-bond acceptors (Lipinski definition) is 4. The third-order valence-electron chi connectivity index (χ3n) is 5.14. The molecule has 0 unspecified atom stereocenters. The molecule has 0 bridgehead atoms. The summed E-state index contributed by atoms with van der Waals surface area (Å²) in [5.41, 5.74) is 2.82. The van der Waals surface area contributed by atoms with E-state index >= 15 is 0 Å². The maximum Gasteiger partial charge on any atom is 0.251 e. The van der Waals surface area contributed by atoms with Crippen LogP contribution < -0.4 is 14.8 Å². The van der Waals surface area contributed by atoms with Crippen molar-refractivity contribution in [2.45, 2.75) is 32.2 Å². The number of hydrogen-bond donors (Lipinski definition) is 1. The Hall–Kier alpha value is -3.02. The summed E-state index contributed by atoms with van der Waals surface area (Å²) in [6, 6.07) is 13.3. The summed E-state index contributed by atoms with van der Waals surface area (Å²) in [6.07, 6.45) is 3.24. The van der Waals surface area contributed by atoms with Crippen molar-refractivity contribution in [1.29, 1.82) is 0 Å². The zero-order chi connectivity index (χ0) is 20.6. The number of nitrogens with zero attached hydrogens (tertiary/aromatic N) is 1. The van der Waals surface area contributed by atoms with E-state index in [9.17, 15) is 9.59 Å². The minimum Gasteiger partial charge on any atom is -0.493 e. The number of aryl methyl sites for hydroxylation is 1. The second-order valence-corrected chi connectivity index (χ2v) is 7.16. The van der Waals surface area contributed by atoms with Crippen molar-refractivity contribution < 1.29 is 19.1 Å². The predicted molar refractivity (Wildman–Crippen MR) is 111 cm³/mol. The first-order valence-corrected chi connectivity index (χ1v) is 9.96. The predicted octanol–water partition coefficient (Wildman–Crippen LogP) is 3.19. The van der Waals surface area contributed by atoms with Gasteiger partial charge in [0, 0.05) is 31.6 Å². The Bertz CT molecular complexity index is 848. The van der Waals surface area contributed by atoms with Crippen LogP contribution in [-0.4, -0.2) is 44.0 Å². The fourth-order valence-corrected chi connectivity index (χ4v) is 3.49. The molecule has 2 amide bonds. The Morgan fingerprint density at radius 1 is 1.03 bits per heavy atom. The lowest BCUT2D eigenvalue weighted by molar-refractivity contribution is -0.128. The SMILES string of the molecule is COc1ccc(CCCNC(=O)c2ccc(CN3CCCC3=O)cc2)cc1OC. The molecule has 29 heavy (non-hydrogen) atoms. The van der Waals surface area contributed by atoms with Crippen molar-refractivity contribution in [2.75, 3.05) is 27.3 Å². The van der Waals surface area contributed by atoms with Gasteiger partial charge in [-0.1, -0.05) is 18.2 Å². The lowest BCUT2D eigenvalue weighted by Crippen LogP contribution is -2.25. The van der Waals surface area contributed by atoms with Crippen molar-refractivity contribution in [3.05, 3.63) is 59.2 Å². The van der Waals surface area contributed by atoms with Crippen LogP contribution in [-0.2, 0) is 17.8 Å². The number of benzene rings is 2. The molecule has 1 aliphatic heterocycles. The molecular weight excluding hydrogens is 368 g/mol. The molecule has 3 rings (SSSR count). The number of ether oxygens (including phenoxy) is 2. The van der Waals surface area contributed by atoms with E-state index < -0.39 is 0 Å². The van der Waals surface area contributed by atoms with E-state index in [4.69, 9.17) is 9.47 Å². The Morgan fingerprint density at radius 3 is 2.41 bits per heavy atom. The van der Waals surface area contributed by atoms with Gasteiger partial charge in [-0.25, -0.2) is 0 Å². The van der Waals surface area contributed by atoms with Crippen LogP contribution >= 0.6 is 0 Å². The molecule has 0 atom stereocenters. The molecule has 6 heteroatoms. The summed E-state index contributed by atoms with van der Waals surface area (Å²) >= 11 is 0. The molecule has 0 spiro atoms. The van der Waals surface area contributed by atoms with E-state index in [1.165, 1.54) is 0 Å². The van der Waals surface area contributed by atoms with Crippen LogP contribution in [0.2, 0.25) is 0 Å². The van der Waals surface area contributed by atoms with Gasteiger partial charge in [-0.15, -0.1) is 0 Å². The molecule has 6 nitrogen and oxygen atoms in total. The monoisotopic (exact) mass is 396 g/mol. The van der Waals surface area contributed by atoms with E-state index in [-0.39, 0.29) is 11.8 Å². The molecule has 0 aromatic heterocycles. The van der Waals surface area contributed by atoms with Crippen molar-refractivity contribution in [3.63, 3.8) is 0 Å². The zero-order valence-corrected chi connectivity index (χ0v) is 17.1. The van der Waals surface area contributed by atoms with Crippen LogP contribution in [0.25, 0.3) is 0 Å². The first-order chi connectivity index (χ1) is 14.1. The molecule has 154 valence electrons. The van der Waals surface area contributed by atoms with Gasteiger partial charge in [0.05, 0.1) is 14.2 Å². The number of likely N-dealkylation sites (tertiary alicyclic amines) is 1. The highest BCUT2D eigenvalue weighted by atomic mass is 16.5. The van der Waals surface area contributed by atoms with Crippen molar-refractivity contribution >= 4 is 11.8 Å². The van der Waals surface area contributed by atoms with E-state index in [0.29, 0.717) is 36.6 Å². The maximum absolute atomic E-state index is 12.3. The Kier molecular flexibility index (Phi) is 7.11. The first kappa shape index (κ1) is 20.7. The molecule has 1 N–H and O–H groups in total. The molecule has 2 aromatic rings. The molecule has 1 saturated heterocycles. The summed E-state index contributed by atoms with van der Waals surface area (Å²) in [4.78, 5) is 25.9. The number of rotatable bonds is 9. The fraction of sp³-hybridized carbons (Fsp3) is 0.391. The number of nitrogens with one attached hydrogen (secondary N) is 1. The highest BCUT2D eigenvalue weighted by molar-refractivity contribution is 5.94. The molecule has 1 fully saturated rings. The number of carbonyl (C=O) groups is 2. The quantitative estimate of drug-likeness (QED) is 0.661. The van der Waals surface area contributed by atoms with Crippen LogP contribution in [0.3, 0.4) is 0 Å². The van der Waals surface area contributed by atoms with Gasteiger partial charge in [0.1, 0.15) is 0 Å². The van der Waals surface area contributed by atoms with Crippen LogP contribution in [0.4, 0.5) is 0 Å². The summed E-state index contributed by atoms with van der Waals surface area (Å²) in [7, 11) is 3.24. The molecule has 1 heterocycles. The minimum atomic E-state index is -0.0823. The van der Waals surface area contributed by atoms with Gasteiger partial charge in [0.15, 0.2) is 11.5 Å². The maximum atomic E-state index is 12.3. The number of carbonyl (C=O) groups excluding carboxylic acids is 2. The van der Waals surface area contributed by atoms with Gasteiger partial charge < -0.3 is 19.7 Å². The third kappa shape index (κ3) is 5.50. The Labute approximate surface area is 171 Å².